The Bertz CT molecular complexity index is 1450. The van der Waals surface area contributed by atoms with E-state index in [0.717, 1.165) is 35.5 Å². The Morgan fingerprint density at radius 2 is 1.95 bits per heavy atom. The van der Waals surface area contributed by atoms with Crippen LogP contribution in [0.1, 0.15) is 78.3 Å². The SMILES string of the molecule is C=Cc1nc(C2(O)CCC(OCc3c(-c4c(Cl)cccc4Cl)noc3C3CC3)CC2)sc1/C(F)=C(\C)C(=O)OC. The average molecular weight is 608 g/mol. The Morgan fingerprint density at radius 3 is 2.55 bits per heavy atom. The minimum atomic E-state index is -1.24. The van der Waals surface area contributed by atoms with Crippen molar-refractivity contribution in [1.82, 2.24) is 10.1 Å². The smallest absolute Gasteiger partial charge is 0.336 e. The van der Waals surface area contributed by atoms with Crippen molar-refractivity contribution in [2.75, 3.05) is 7.11 Å². The van der Waals surface area contributed by atoms with Gasteiger partial charge in [0.1, 0.15) is 22.1 Å². The molecule has 5 rings (SSSR count). The number of methoxy groups -OCH3 is 1. The topological polar surface area (TPSA) is 94.7 Å². The molecule has 0 aliphatic heterocycles. The Kier molecular flexibility index (Phi) is 8.50. The fraction of sp³-hybridized carbons (Fsp3) is 0.414. The van der Waals surface area contributed by atoms with Gasteiger partial charge in [0.2, 0.25) is 0 Å². The third kappa shape index (κ3) is 5.63. The van der Waals surface area contributed by atoms with Crippen LogP contribution in [0.25, 0.3) is 23.2 Å². The molecule has 2 aliphatic rings. The predicted octanol–water partition coefficient (Wildman–Crippen LogP) is 7.85. The van der Waals surface area contributed by atoms with Gasteiger partial charge >= 0.3 is 5.97 Å². The lowest BCUT2D eigenvalue weighted by molar-refractivity contribution is -0.136. The molecule has 7 nitrogen and oxygen atoms in total. The maximum Gasteiger partial charge on any atom is 0.336 e. The van der Waals surface area contributed by atoms with Gasteiger partial charge in [-0.3, -0.25) is 0 Å². The number of hydrogen-bond acceptors (Lipinski definition) is 8. The van der Waals surface area contributed by atoms with Crippen molar-refractivity contribution in [2.24, 2.45) is 0 Å². The zero-order chi connectivity index (χ0) is 28.6. The van der Waals surface area contributed by atoms with Crippen LogP contribution < -0.4 is 0 Å². The summed E-state index contributed by atoms with van der Waals surface area (Å²) < 4.78 is 31.8. The second-order valence-corrected chi connectivity index (χ2v) is 12.0. The van der Waals surface area contributed by atoms with Crippen molar-refractivity contribution >= 4 is 52.4 Å². The van der Waals surface area contributed by atoms with Gasteiger partial charge in [-0.25, -0.2) is 14.2 Å². The molecule has 0 saturated heterocycles. The molecule has 1 N–H and O–H groups in total. The molecule has 0 unspecified atom stereocenters. The molecule has 2 fully saturated rings. The third-order valence-corrected chi connectivity index (χ3v) is 9.34. The van der Waals surface area contributed by atoms with Crippen LogP contribution in [0.15, 0.2) is 34.9 Å². The number of nitrogens with zero attached hydrogens (tertiary/aromatic N) is 2. The highest BCUT2D eigenvalue weighted by Crippen LogP contribution is 2.47. The van der Waals surface area contributed by atoms with Gasteiger partial charge < -0.3 is 19.1 Å². The number of ether oxygens (including phenoxy) is 2. The number of carbonyl (C=O) groups excluding carboxylic acids is 1. The Hall–Kier alpha value is -2.56. The van der Waals surface area contributed by atoms with Gasteiger partial charge in [0.15, 0.2) is 5.83 Å². The number of carbonyl (C=O) groups is 1. The lowest BCUT2D eigenvalue weighted by Crippen LogP contribution is -2.34. The molecule has 2 aromatic heterocycles. The maximum atomic E-state index is 15.1. The quantitative estimate of drug-likeness (QED) is 0.196. The maximum absolute atomic E-state index is 15.1. The summed E-state index contributed by atoms with van der Waals surface area (Å²) in [6.45, 7) is 5.34. The molecule has 0 atom stereocenters. The van der Waals surface area contributed by atoms with E-state index in [2.05, 4.69) is 21.5 Å². The number of rotatable bonds is 9. The van der Waals surface area contributed by atoms with E-state index in [1.807, 2.05) is 0 Å². The van der Waals surface area contributed by atoms with Gasteiger partial charge in [-0.1, -0.05) is 41.0 Å². The molecule has 11 heteroatoms. The summed E-state index contributed by atoms with van der Waals surface area (Å²) in [5.41, 5.74) is 0.933. The fourth-order valence-corrected chi connectivity index (χ4v) is 6.72. The van der Waals surface area contributed by atoms with Gasteiger partial charge in [-0.15, -0.1) is 11.3 Å². The van der Waals surface area contributed by atoms with Gasteiger partial charge in [-0.2, -0.15) is 0 Å². The number of esters is 1. The van der Waals surface area contributed by atoms with Gasteiger partial charge in [-0.05, 0) is 63.7 Å². The largest absolute Gasteiger partial charge is 0.466 e. The van der Waals surface area contributed by atoms with E-state index in [1.165, 1.54) is 20.1 Å². The third-order valence-electron chi connectivity index (χ3n) is 7.45. The molecule has 0 radical (unpaired) electrons. The van der Waals surface area contributed by atoms with E-state index in [9.17, 15) is 9.90 Å². The number of hydrogen-bond donors (Lipinski definition) is 1. The Balaban J connectivity index is 1.30. The molecule has 2 saturated carbocycles. The first kappa shape index (κ1) is 29.0. The summed E-state index contributed by atoms with van der Waals surface area (Å²) in [6, 6.07) is 5.31. The summed E-state index contributed by atoms with van der Waals surface area (Å²) in [6.07, 6.45) is 5.26. The molecule has 3 aromatic rings. The minimum absolute atomic E-state index is 0.117. The van der Waals surface area contributed by atoms with Crippen molar-refractivity contribution < 1.29 is 28.3 Å². The zero-order valence-corrected chi connectivity index (χ0v) is 24.5. The summed E-state index contributed by atoms with van der Waals surface area (Å²) >= 11 is 14.0. The monoisotopic (exact) mass is 606 g/mol. The number of aliphatic hydroxyl groups is 1. The van der Waals surface area contributed by atoms with Crippen molar-refractivity contribution in [1.29, 1.82) is 0 Å². The number of thiazole rings is 1. The first-order chi connectivity index (χ1) is 19.2. The highest BCUT2D eigenvalue weighted by molar-refractivity contribution is 7.13. The molecule has 0 bridgehead atoms. The van der Waals surface area contributed by atoms with Crippen molar-refractivity contribution in [3.8, 4) is 11.3 Å². The summed E-state index contributed by atoms with van der Waals surface area (Å²) in [4.78, 5) is 16.4. The Morgan fingerprint density at radius 1 is 1.27 bits per heavy atom. The Labute approximate surface area is 245 Å². The van der Waals surface area contributed by atoms with E-state index >= 15 is 4.39 Å². The second-order valence-electron chi connectivity index (χ2n) is 10.2. The minimum Gasteiger partial charge on any atom is -0.466 e. The number of benzene rings is 1. The summed E-state index contributed by atoms with van der Waals surface area (Å²) in [5, 5.41) is 17.1. The van der Waals surface area contributed by atoms with Crippen molar-refractivity contribution in [2.45, 2.75) is 69.7 Å². The molecule has 0 spiro atoms. The van der Waals surface area contributed by atoms with Crippen LogP contribution in [0.2, 0.25) is 10.0 Å². The van der Waals surface area contributed by atoms with Crippen LogP contribution in [-0.4, -0.2) is 34.4 Å². The van der Waals surface area contributed by atoms with E-state index in [1.54, 1.807) is 18.2 Å². The van der Waals surface area contributed by atoms with Crippen LogP contribution in [0.5, 0.6) is 0 Å². The second kappa shape index (κ2) is 11.7. The average Bonchev–Trinajstić information content (AvgIpc) is 3.56. The molecular weight excluding hydrogens is 578 g/mol. The molecular formula is C29H29Cl2FN2O5S. The van der Waals surface area contributed by atoms with E-state index < -0.39 is 17.4 Å². The molecule has 40 heavy (non-hydrogen) atoms. The normalized spacial score (nSPS) is 21.7. The lowest BCUT2D eigenvalue weighted by Gasteiger charge is -2.34. The van der Waals surface area contributed by atoms with Gasteiger partial charge in [0, 0.05) is 17.0 Å². The van der Waals surface area contributed by atoms with E-state index in [4.69, 9.17) is 32.5 Å². The number of halogens is 3. The highest BCUT2D eigenvalue weighted by atomic mass is 35.5. The van der Waals surface area contributed by atoms with Crippen LogP contribution in [0.4, 0.5) is 4.39 Å². The molecule has 2 heterocycles. The zero-order valence-electron chi connectivity index (χ0n) is 22.1. The standard InChI is InChI=1S/C29H29Cl2FN2O5S/c1-4-21-26(23(32)15(2)27(35)37-3)40-28(33-21)29(36)12-10-17(11-13-29)38-14-18-24(34-39-25(18)16-8-9-16)22-19(30)6-5-7-20(22)31/h4-7,16-17,36H,1,8-14H2,2-3H3/b23-15-. The molecule has 0 amide bonds. The fourth-order valence-electron chi connectivity index (χ4n) is 4.94. The summed E-state index contributed by atoms with van der Waals surface area (Å²) in [5.74, 6) is -0.381. The predicted molar refractivity (Wildman–Crippen MR) is 153 cm³/mol. The van der Waals surface area contributed by atoms with E-state index in [-0.39, 0.29) is 28.9 Å². The van der Waals surface area contributed by atoms with Crippen molar-refractivity contribution in [3.05, 3.63) is 67.3 Å². The van der Waals surface area contributed by atoms with Gasteiger partial charge in [0.25, 0.3) is 0 Å². The van der Waals surface area contributed by atoms with Crippen LogP contribution >= 0.6 is 34.5 Å². The van der Waals surface area contributed by atoms with Crippen LogP contribution in [0.3, 0.4) is 0 Å². The highest BCUT2D eigenvalue weighted by Gasteiger charge is 2.40. The van der Waals surface area contributed by atoms with Crippen LogP contribution in [0, 0.1) is 0 Å². The first-order valence-electron chi connectivity index (χ1n) is 13.0. The van der Waals surface area contributed by atoms with Crippen LogP contribution in [-0.2, 0) is 26.5 Å². The molecule has 2 aliphatic carbocycles. The van der Waals surface area contributed by atoms with Gasteiger partial charge in [0.05, 0.1) is 46.0 Å². The molecule has 1 aromatic carbocycles. The van der Waals surface area contributed by atoms with Crippen molar-refractivity contribution in [3.63, 3.8) is 0 Å². The lowest BCUT2D eigenvalue weighted by atomic mass is 9.83. The molecule has 212 valence electrons. The first-order valence-corrected chi connectivity index (χ1v) is 14.6. The van der Waals surface area contributed by atoms with E-state index in [0.29, 0.717) is 57.9 Å². The number of aromatic nitrogens is 2. The summed E-state index contributed by atoms with van der Waals surface area (Å²) in [7, 11) is 1.19.